The summed E-state index contributed by atoms with van der Waals surface area (Å²) in [4.78, 5) is 46.2. The Bertz CT molecular complexity index is 535. The number of aldehydes is 4. The molecule has 0 radical (unpaired) electrons. The van der Waals surface area contributed by atoms with Crippen molar-refractivity contribution in [3.63, 3.8) is 0 Å². The van der Waals surface area contributed by atoms with Crippen molar-refractivity contribution in [2.24, 2.45) is 11.5 Å². The van der Waals surface area contributed by atoms with Crippen molar-refractivity contribution in [2.75, 3.05) is 26.2 Å². The van der Waals surface area contributed by atoms with Gasteiger partial charge in [0, 0.05) is 0 Å². The summed E-state index contributed by atoms with van der Waals surface area (Å²) in [6, 6.07) is 6.17. The van der Waals surface area contributed by atoms with Gasteiger partial charge < -0.3 is 30.6 Å². The van der Waals surface area contributed by atoms with Crippen LogP contribution in [0.25, 0.3) is 0 Å². The van der Waals surface area contributed by atoms with E-state index in [4.69, 9.17) is 11.5 Å². The van der Waals surface area contributed by atoms with Gasteiger partial charge in [0.2, 0.25) is 0 Å². The van der Waals surface area contributed by atoms with E-state index >= 15 is 0 Å². The van der Waals surface area contributed by atoms with E-state index in [1.807, 2.05) is 0 Å². The second-order valence-electron chi connectivity index (χ2n) is 5.92. The summed E-state index contributed by atoms with van der Waals surface area (Å²) in [5, 5.41) is 5.79. The van der Waals surface area contributed by atoms with Crippen LogP contribution in [-0.4, -0.2) is 51.3 Å². The van der Waals surface area contributed by atoms with Crippen molar-refractivity contribution < 1.29 is 19.2 Å². The Morgan fingerprint density at radius 1 is 0.692 bits per heavy atom. The highest BCUT2D eigenvalue weighted by atomic mass is 16.1. The summed E-state index contributed by atoms with van der Waals surface area (Å²) in [5.41, 5.74) is 8.70. The highest BCUT2D eigenvalue weighted by molar-refractivity contribution is 5.92. The molecule has 0 atom stereocenters. The maximum Gasteiger partial charge on any atom is 0.156 e. The molecule has 6 N–H and O–H groups in total. The molecule has 0 amide bonds. The van der Waals surface area contributed by atoms with Crippen molar-refractivity contribution in [2.45, 2.75) is 23.9 Å². The lowest BCUT2D eigenvalue weighted by Crippen LogP contribution is -2.47. The van der Waals surface area contributed by atoms with Crippen LogP contribution in [0, 0.1) is 0 Å². The van der Waals surface area contributed by atoms with Crippen LogP contribution < -0.4 is 22.1 Å². The third kappa shape index (κ3) is 4.89. The standard InChI is InChI=1S/C18H26N4O4/c19-7-1-9-21-17(11-23,12-24)15-3-5-16(6-4-15)18(13-25,14-26)22-10-2-8-20/h3-6,11-14,21-22H,1-2,7-10,19-20H2. The molecule has 26 heavy (non-hydrogen) atoms. The van der Waals surface area contributed by atoms with Gasteiger partial charge in [-0.15, -0.1) is 0 Å². The van der Waals surface area contributed by atoms with E-state index in [-0.39, 0.29) is 0 Å². The van der Waals surface area contributed by atoms with Crippen LogP contribution in [0.4, 0.5) is 0 Å². The van der Waals surface area contributed by atoms with Gasteiger partial charge in [0.15, 0.2) is 36.2 Å². The molecule has 0 aliphatic heterocycles. The van der Waals surface area contributed by atoms with Crippen LogP contribution in [0.2, 0.25) is 0 Å². The van der Waals surface area contributed by atoms with Crippen LogP contribution in [0.5, 0.6) is 0 Å². The molecule has 1 rings (SSSR count). The first-order chi connectivity index (χ1) is 12.6. The van der Waals surface area contributed by atoms with Crippen molar-refractivity contribution >= 4 is 25.1 Å². The number of hydrogen-bond donors (Lipinski definition) is 4. The van der Waals surface area contributed by atoms with Crippen molar-refractivity contribution in [1.82, 2.24) is 10.6 Å². The normalized spacial score (nSPS) is 11.8. The minimum absolute atomic E-state index is 0.392. The Morgan fingerprint density at radius 3 is 1.23 bits per heavy atom. The zero-order valence-electron chi connectivity index (χ0n) is 14.6. The second-order valence-corrected chi connectivity index (χ2v) is 5.92. The third-order valence-electron chi connectivity index (χ3n) is 4.18. The van der Waals surface area contributed by atoms with Gasteiger partial charge >= 0.3 is 0 Å². The van der Waals surface area contributed by atoms with Gasteiger partial charge in [0.05, 0.1) is 0 Å². The highest BCUT2D eigenvalue weighted by Gasteiger charge is 2.34. The molecule has 1 aromatic carbocycles. The van der Waals surface area contributed by atoms with Crippen LogP contribution in [0.3, 0.4) is 0 Å². The minimum Gasteiger partial charge on any atom is -0.330 e. The summed E-state index contributed by atoms with van der Waals surface area (Å²) < 4.78 is 0. The fourth-order valence-corrected chi connectivity index (χ4v) is 2.51. The Hall–Kier alpha value is -2.26. The number of carbonyl (C=O) groups is 4. The molecule has 0 saturated carbocycles. The molecule has 142 valence electrons. The summed E-state index contributed by atoms with van der Waals surface area (Å²) in [7, 11) is 0. The van der Waals surface area contributed by atoms with Gasteiger partial charge in [0.1, 0.15) is 0 Å². The first-order valence-electron chi connectivity index (χ1n) is 8.44. The van der Waals surface area contributed by atoms with Gasteiger partial charge in [-0.05, 0) is 50.1 Å². The Kier molecular flexibility index (Phi) is 8.94. The van der Waals surface area contributed by atoms with E-state index in [1.54, 1.807) is 24.3 Å². The zero-order chi connectivity index (χ0) is 19.5. The van der Waals surface area contributed by atoms with E-state index in [0.717, 1.165) is 0 Å². The topological polar surface area (TPSA) is 144 Å². The largest absolute Gasteiger partial charge is 0.330 e. The van der Waals surface area contributed by atoms with Crippen LogP contribution in [-0.2, 0) is 30.3 Å². The molecular weight excluding hydrogens is 336 g/mol. The summed E-state index contributed by atoms with van der Waals surface area (Å²) in [5.74, 6) is 0. The lowest BCUT2D eigenvalue weighted by Gasteiger charge is -2.27. The van der Waals surface area contributed by atoms with E-state index in [9.17, 15) is 19.2 Å². The average Bonchev–Trinajstić information content (AvgIpc) is 2.70. The third-order valence-corrected chi connectivity index (χ3v) is 4.18. The zero-order valence-corrected chi connectivity index (χ0v) is 14.6. The molecule has 8 heteroatoms. The fourth-order valence-electron chi connectivity index (χ4n) is 2.51. The van der Waals surface area contributed by atoms with Crippen LogP contribution >= 0.6 is 0 Å². The van der Waals surface area contributed by atoms with Crippen LogP contribution in [0.15, 0.2) is 24.3 Å². The Balaban J connectivity index is 3.13. The molecule has 0 aromatic heterocycles. The quantitative estimate of drug-likeness (QED) is 0.182. The molecule has 0 aliphatic rings. The van der Waals surface area contributed by atoms with Crippen molar-refractivity contribution in [3.8, 4) is 0 Å². The minimum atomic E-state index is -1.49. The maximum absolute atomic E-state index is 11.6. The summed E-state index contributed by atoms with van der Waals surface area (Å²) in [6.45, 7) is 1.64. The Labute approximate surface area is 152 Å². The number of nitrogens with two attached hydrogens (primary N) is 2. The van der Waals surface area contributed by atoms with Crippen molar-refractivity contribution in [1.29, 1.82) is 0 Å². The fraction of sp³-hybridized carbons (Fsp3) is 0.444. The van der Waals surface area contributed by atoms with E-state index in [0.29, 0.717) is 75.3 Å². The van der Waals surface area contributed by atoms with Crippen molar-refractivity contribution in [3.05, 3.63) is 35.4 Å². The Morgan fingerprint density at radius 2 is 1.00 bits per heavy atom. The molecule has 0 saturated heterocycles. The number of hydrogen-bond acceptors (Lipinski definition) is 8. The predicted octanol–water partition coefficient (Wildman–Crippen LogP) is -1.25. The molecule has 0 bridgehead atoms. The second kappa shape index (κ2) is 10.7. The van der Waals surface area contributed by atoms with E-state index in [1.165, 1.54) is 0 Å². The highest BCUT2D eigenvalue weighted by Crippen LogP contribution is 2.22. The molecule has 0 fully saturated rings. The molecule has 0 heterocycles. The smallest absolute Gasteiger partial charge is 0.156 e. The van der Waals surface area contributed by atoms with Gasteiger partial charge in [-0.1, -0.05) is 24.3 Å². The lowest BCUT2D eigenvalue weighted by molar-refractivity contribution is -0.124. The van der Waals surface area contributed by atoms with Gasteiger partial charge in [-0.3, -0.25) is 10.6 Å². The monoisotopic (exact) mass is 362 g/mol. The number of rotatable bonds is 14. The number of carbonyl (C=O) groups excluding carboxylic acids is 4. The number of benzene rings is 1. The summed E-state index contributed by atoms with van der Waals surface area (Å²) in [6.07, 6.45) is 3.31. The van der Waals surface area contributed by atoms with Gasteiger partial charge in [-0.25, -0.2) is 0 Å². The van der Waals surface area contributed by atoms with Gasteiger partial charge in [-0.2, -0.15) is 0 Å². The molecule has 0 unspecified atom stereocenters. The maximum atomic E-state index is 11.6. The van der Waals surface area contributed by atoms with Crippen LogP contribution in [0.1, 0.15) is 24.0 Å². The molecule has 0 aliphatic carbocycles. The van der Waals surface area contributed by atoms with Gasteiger partial charge in [0.25, 0.3) is 0 Å². The molecule has 8 nitrogen and oxygen atoms in total. The molecule has 0 spiro atoms. The summed E-state index contributed by atoms with van der Waals surface area (Å²) >= 11 is 0. The number of nitrogens with one attached hydrogen (secondary N) is 2. The van der Waals surface area contributed by atoms with E-state index in [2.05, 4.69) is 10.6 Å². The van der Waals surface area contributed by atoms with E-state index < -0.39 is 11.1 Å². The predicted molar refractivity (Wildman–Crippen MR) is 97.4 cm³/mol. The SMILES string of the molecule is NCCCNC(C=O)(C=O)c1ccc(C(C=O)(C=O)NCCCN)cc1. The molecule has 1 aromatic rings. The lowest BCUT2D eigenvalue weighted by atomic mass is 9.87. The molecular formula is C18H26N4O4. The average molecular weight is 362 g/mol. The first kappa shape index (κ1) is 21.8. The first-order valence-corrected chi connectivity index (χ1v) is 8.44.